The Balaban J connectivity index is 1.20. The number of fused-ring (bicyclic) bond motifs is 5. The molecule has 5 aliphatic rings. The van der Waals surface area contributed by atoms with E-state index in [0.717, 1.165) is 56.3 Å². The van der Waals surface area contributed by atoms with Crippen LogP contribution in [0.25, 0.3) is 0 Å². The van der Waals surface area contributed by atoms with E-state index in [2.05, 4.69) is 24.8 Å². The van der Waals surface area contributed by atoms with Crippen molar-refractivity contribution >= 4 is 11.8 Å². The van der Waals surface area contributed by atoms with E-state index in [1.165, 1.54) is 44.9 Å². The summed E-state index contributed by atoms with van der Waals surface area (Å²) in [5.74, 6) is 3.16. The molecule has 1 heterocycles. The topological polar surface area (TPSA) is 46.6 Å². The zero-order valence-electron chi connectivity index (χ0n) is 20.5. The molecule has 6 unspecified atom stereocenters. The number of hydrogen-bond acceptors (Lipinski definition) is 4. The maximum atomic E-state index is 12.5. The standard InChI is InChI=1S/C28H43NO3/c1-19(30)23-8-9-24-22-7-6-20-18-21(32-26(31)12-17-29-15-4-5-16-29)10-13-27(20,2)25(22)11-14-28(23,24)3/h8,20-22,24-25H,4-7,9-18H2,1-3H3/t20-,21?,22?,24?,25?,27?,28?/m0/s1. The van der Waals surface area contributed by atoms with Crippen LogP contribution in [0.15, 0.2) is 11.6 Å². The number of Topliss-reactive ketones (excluding diaryl/α,β-unsaturated/α-hetero) is 1. The van der Waals surface area contributed by atoms with E-state index in [4.69, 9.17) is 4.74 Å². The normalized spacial score (nSPS) is 43.7. The molecule has 4 fully saturated rings. The largest absolute Gasteiger partial charge is 0.462 e. The van der Waals surface area contributed by atoms with Gasteiger partial charge in [0.15, 0.2) is 5.78 Å². The van der Waals surface area contributed by atoms with E-state index in [-0.39, 0.29) is 17.5 Å². The summed E-state index contributed by atoms with van der Waals surface area (Å²) in [5.41, 5.74) is 1.61. The van der Waals surface area contributed by atoms with E-state index in [1.54, 1.807) is 6.92 Å². The van der Waals surface area contributed by atoms with E-state index in [9.17, 15) is 9.59 Å². The van der Waals surface area contributed by atoms with Crippen molar-refractivity contribution in [1.82, 2.24) is 4.90 Å². The highest BCUT2D eigenvalue weighted by molar-refractivity contribution is 5.95. The number of ether oxygens (including phenoxy) is 1. The first-order valence-corrected chi connectivity index (χ1v) is 13.4. The number of rotatable bonds is 5. The van der Waals surface area contributed by atoms with Crippen LogP contribution in [-0.2, 0) is 14.3 Å². The Hall–Kier alpha value is -1.16. The summed E-state index contributed by atoms with van der Waals surface area (Å²) in [6.45, 7) is 9.84. The quantitative estimate of drug-likeness (QED) is 0.525. The molecule has 0 bridgehead atoms. The number of carbonyl (C=O) groups is 2. The fourth-order valence-electron chi connectivity index (χ4n) is 8.94. The SMILES string of the molecule is CC(=O)C1=CCC2C3CC[C@H]4CC(OC(=O)CCN5CCCC5)CCC4(C)C3CCC12C. The molecule has 7 atom stereocenters. The number of ketones is 1. The molecular formula is C28H43NO3. The summed E-state index contributed by atoms with van der Waals surface area (Å²) in [7, 11) is 0. The molecule has 5 rings (SSSR count). The molecule has 4 nitrogen and oxygen atoms in total. The maximum absolute atomic E-state index is 12.5. The van der Waals surface area contributed by atoms with Gasteiger partial charge < -0.3 is 9.64 Å². The van der Waals surface area contributed by atoms with Gasteiger partial charge >= 0.3 is 5.97 Å². The third-order valence-electron chi connectivity index (χ3n) is 10.7. The van der Waals surface area contributed by atoms with Crippen molar-refractivity contribution in [2.24, 2.45) is 34.5 Å². The van der Waals surface area contributed by atoms with Crippen molar-refractivity contribution < 1.29 is 14.3 Å². The number of esters is 1. The minimum atomic E-state index is 0.0152. The molecule has 3 saturated carbocycles. The van der Waals surface area contributed by atoms with Gasteiger partial charge in [0.1, 0.15) is 6.10 Å². The third-order valence-corrected chi connectivity index (χ3v) is 10.7. The van der Waals surface area contributed by atoms with Crippen molar-refractivity contribution in [1.29, 1.82) is 0 Å². The number of hydrogen-bond donors (Lipinski definition) is 0. The van der Waals surface area contributed by atoms with Crippen LogP contribution in [-0.4, -0.2) is 42.4 Å². The highest BCUT2D eigenvalue weighted by atomic mass is 16.5. The second kappa shape index (κ2) is 8.56. The average molecular weight is 442 g/mol. The third kappa shape index (κ3) is 3.79. The number of carbonyl (C=O) groups excluding carboxylic acids is 2. The van der Waals surface area contributed by atoms with Gasteiger partial charge in [0.05, 0.1) is 6.42 Å². The lowest BCUT2D eigenvalue weighted by molar-refractivity contribution is -0.161. The predicted octanol–water partition coefficient (Wildman–Crippen LogP) is 5.55. The Labute approximate surface area is 194 Å². The van der Waals surface area contributed by atoms with Gasteiger partial charge in [-0.1, -0.05) is 19.9 Å². The van der Waals surface area contributed by atoms with Crippen LogP contribution in [0.2, 0.25) is 0 Å². The molecule has 0 amide bonds. The second-order valence-corrected chi connectivity index (χ2v) is 12.2. The molecule has 0 radical (unpaired) electrons. The summed E-state index contributed by atoms with van der Waals surface area (Å²) >= 11 is 0. The molecule has 1 aliphatic heterocycles. The zero-order chi connectivity index (χ0) is 22.5. The maximum Gasteiger partial charge on any atom is 0.307 e. The Kier molecular flexibility index (Phi) is 6.05. The van der Waals surface area contributed by atoms with Gasteiger partial charge in [0.25, 0.3) is 0 Å². The lowest BCUT2D eigenvalue weighted by Gasteiger charge is -2.60. The van der Waals surface area contributed by atoms with Gasteiger partial charge in [-0.05, 0) is 124 Å². The van der Waals surface area contributed by atoms with E-state index < -0.39 is 0 Å². The zero-order valence-corrected chi connectivity index (χ0v) is 20.5. The van der Waals surface area contributed by atoms with Crippen LogP contribution < -0.4 is 0 Å². The molecule has 178 valence electrons. The first-order valence-electron chi connectivity index (χ1n) is 13.4. The molecule has 4 aliphatic carbocycles. The summed E-state index contributed by atoms with van der Waals surface area (Å²) in [4.78, 5) is 27.2. The van der Waals surface area contributed by atoms with Crippen LogP contribution in [0.3, 0.4) is 0 Å². The highest BCUT2D eigenvalue weighted by Gasteiger charge is 2.59. The highest BCUT2D eigenvalue weighted by Crippen LogP contribution is 2.66. The molecule has 1 saturated heterocycles. The number of likely N-dealkylation sites (tertiary alicyclic amines) is 1. The molecule has 0 spiro atoms. The number of nitrogens with zero attached hydrogens (tertiary/aromatic N) is 1. The summed E-state index contributed by atoms with van der Waals surface area (Å²) in [6, 6.07) is 0. The summed E-state index contributed by atoms with van der Waals surface area (Å²) in [6.07, 6.45) is 14.9. The molecule has 0 aromatic heterocycles. The van der Waals surface area contributed by atoms with Crippen molar-refractivity contribution in [3.8, 4) is 0 Å². The van der Waals surface area contributed by atoms with Gasteiger partial charge in [-0.15, -0.1) is 0 Å². The van der Waals surface area contributed by atoms with Crippen molar-refractivity contribution in [3.05, 3.63) is 11.6 Å². The summed E-state index contributed by atoms with van der Waals surface area (Å²) in [5, 5.41) is 0. The minimum absolute atomic E-state index is 0.0152. The second-order valence-electron chi connectivity index (χ2n) is 12.2. The first-order chi connectivity index (χ1) is 15.3. The fourth-order valence-corrected chi connectivity index (χ4v) is 8.94. The Morgan fingerprint density at radius 1 is 1.06 bits per heavy atom. The minimum Gasteiger partial charge on any atom is -0.462 e. The van der Waals surface area contributed by atoms with Crippen LogP contribution in [0.4, 0.5) is 0 Å². The average Bonchev–Trinajstić information content (AvgIpc) is 3.39. The Morgan fingerprint density at radius 2 is 1.84 bits per heavy atom. The molecule has 0 aromatic rings. The fraction of sp³-hybridized carbons (Fsp3) is 0.857. The van der Waals surface area contributed by atoms with Crippen molar-refractivity contribution in [2.45, 2.75) is 97.5 Å². The lowest BCUT2D eigenvalue weighted by Crippen LogP contribution is -2.54. The predicted molar refractivity (Wildman–Crippen MR) is 126 cm³/mol. The first kappa shape index (κ1) is 22.6. The molecule has 0 N–H and O–H groups in total. The van der Waals surface area contributed by atoms with E-state index in [0.29, 0.717) is 29.5 Å². The van der Waals surface area contributed by atoms with Gasteiger partial charge in [-0.25, -0.2) is 0 Å². The molecular weight excluding hydrogens is 398 g/mol. The monoisotopic (exact) mass is 441 g/mol. The lowest BCUT2D eigenvalue weighted by atomic mass is 9.44. The van der Waals surface area contributed by atoms with Gasteiger partial charge in [-0.3, -0.25) is 9.59 Å². The van der Waals surface area contributed by atoms with Crippen LogP contribution in [0.1, 0.15) is 91.4 Å². The molecule has 32 heavy (non-hydrogen) atoms. The summed E-state index contributed by atoms with van der Waals surface area (Å²) < 4.78 is 6.00. The molecule has 0 aromatic carbocycles. The number of allylic oxidation sites excluding steroid dienone is 2. The van der Waals surface area contributed by atoms with Crippen LogP contribution >= 0.6 is 0 Å². The van der Waals surface area contributed by atoms with E-state index in [1.807, 2.05) is 0 Å². The van der Waals surface area contributed by atoms with Gasteiger partial charge in [0, 0.05) is 6.54 Å². The van der Waals surface area contributed by atoms with Crippen molar-refractivity contribution in [2.75, 3.05) is 19.6 Å². The van der Waals surface area contributed by atoms with Gasteiger partial charge in [0.2, 0.25) is 0 Å². The molecule has 4 heteroatoms. The smallest absolute Gasteiger partial charge is 0.307 e. The van der Waals surface area contributed by atoms with Crippen molar-refractivity contribution in [3.63, 3.8) is 0 Å². The van der Waals surface area contributed by atoms with Crippen LogP contribution in [0.5, 0.6) is 0 Å². The van der Waals surface area contributed by atoms with Gasteiger partial charge in [-0.2, -0.15) is 0 Å². The Bertz CT molecular complexity index is 784. The van der Waals surface area contributed by atoms with Crippen LogP contribution in [0, 0.1) is 34.5 Å². The Morgan fingerprint density at radius 3 is 2.59 bits per heavy atom. The van der Waals surface area contributed by atoms with E-state index >= 15 is 0 Å².